The Morgan fingerprint density at radius 1 is 1.25 bits per heavy atom. The molecule has 0 aliphatic rings. The second-order valence-electron chi connectivity index (χ2n) is 4.83. The van der Waals surface area contributed by atoms with Crippen molar-refractivity contribution in [1.82, 2.24) is 0 Å². The smallest absolute Gasteiger partial charge is 0.177 e. The molecule has 0 bridgehead atoms. The predicted octanol–water partition coefficient (Wildman–Crippen LogP) is 3.15. The van der Waals surface area contributed by atoms with E-state index in [2.05, 4.69) is 24.3 Å². The van der Waals surface area contributed by atoms with Crippen molar-refractivity contribution in [2.24, 2.45) is 0 Å². The highest BCUT2D eigenvalue weighted by atomic mass is 127. The molecule has 0 heterocycles. The first kappa shape index (κ1) is 13.8. The summed E-state index contributed by atoms with van der Waals surface area (Å²) in [7, 11) is -3.18. The van der Waals surface area contributed by atoms with Gasteiger partial charge < -0.3 is 3.53 Å². The number of nitrogens with one attached hydrogen (secondary N) is 1. The first-order chi connectivity index (χ1) is 7.16. The van der Waals surface area contributed by atoms with Gasteiger partial charge in [0.15, 0.2) is 9.84 Å². The molecule has 1 N–H and O–H groups in total. The van der Waals surface area contributed by atoms with Crippen LogP contribution in [0.15, 0.2) is 23.1 Å². The number of halogens is 1. The molecule has 0 spiro atoms. The summed E-state index contributed by atoms with van der Waals surface area (Å²) in [5.74, 6) is 0. The van der Waals surface area contributed by atoms with Crippen LogP contribution in [0.25, 0.3) is 0 Å². The molecule has 1 rings (SSSR count). The highest BCUT2D eigenvalue weighted by Crippen LogP contribution is 2.30. The third-order valence-corrected chi connectivity index (χ3v) is 4.08. The molecule has 3 nitrogen and oxygen atoms in total. The summed E-state index contributed by atoms with van der Waals surface area (Å²) in [6, 6.07) is 5.42. The summed E-state index contributed by atoms with van der Waals surface area (Å²) in [6.07, 6.45) is 1.22. The SMILES string of the molecule is CC(C)(C)c1ccc(S(C)(=O)=O)c(NI)c1. The summed E-state index contributed by atoms with van der Waals surface area (Å²) in [6.45, 7) is 6.29. The average molecular weight is 353 g/mol. The van der Waals surface area contributed by atoms with E-state index in [0.717, 1.165) is 5.56 Å². The molecule has 0 fully saturated rings. The summed E-state index contributed by atoms with van der Waals surface area (Å²) >= 11 is 1.95. The predicted molar refractivity (Wildman–Crippen MR) is 75.9 cm³/mol. The number of sulfone groups is 1. The van der Waals surface area contributed by atoms with Gasteiger partial charge in [-0.2, -0.15) is 0 Å². The molecule has 1 aromatic rings. The Morgan fingerprint density at radius 3 is 2.19 bits per heavy atom. The second kappa shape index (κ2) is 4.52. The van der Waals surface area contributed by atoms with E-state index in [9.17, 15) is 8.42 Å². The molecule has 16 heavy (non-hydrogen) atoms. The zero-order valence-electron chi connectivity index (χ0n) is 9.83. The molecule has 5 heteroatoms. The van der Waals surface area contributed by atoms with Crippen molar-refractivity contribution in [1.29, 1.82) is 0 Å². The van der Waals surface area contributed by atoms with Crippen LogP contribution < -0.4 is 3.53 Å². The zero-order valence-corrected chi connectivity index (χ0v) is 12.8. The van der Waals surface area contributed by atoms with Gasteiger partial charge in [0.25, 0.3) is 0 Å². The van der Waals surface area contributed by atoms with Crippen molar-refractivity contribution in [2.45, 2.75) is 31.1 Å². The van der Waals surface area contributed by atoms with Gasteiger partial charge in [-0.05, 0) is 23.1 Å². The molecule has 0 unspecified atom stereocenters. The minimum Gasteiger partial charge on any atom is -0.327 e. The lowest BCUT2D eigenvalue weighted by Gasteiger charge is -2.20. The van der Waals surface area contributed by atoms with Crippen molar-refractivity contribution >= 4 is 38.4 Å². The summed E-state index contributed by atoms with van der Waals surface area (Å²) < 4.78 is 26.0. The van der Waals surface area contributed by atoms with Gasteiger partial charge in [0.2, 0.25) is 0 Å². The first-order valence-corrected chi connectivity index (χ1v) is 7.84. The molecule has 0 aromatic heterocycles. The van der Waals surface area contributed by atoms with Crippen molar-refractivity contribution in [3.63, 3.8) is 0 Å². The molecule has 0 aliphatic carbocycles. The van der Waals surface area contributed by atoms with E-state index in [1.165, 1.54) is 6.26 Å². The molecule has 0 saturated heterocycles. The Bertz CT molecular complexity index is 489. The monoisotopic (exact) mass is 353 g/mol. The third kappa shape index (κ3) is 3.10. The average Bonchev–Trinajstić information content (AvgIpc) is 2.14. The van der Waals surface area contributed by atoms with Gasteiger partial charge in [0, 0.05) is 6.26 Å². The maximum absolute atomic E-state index is 11.5. The summed E-state index contributed by atoms with van der Waals surface area (Å²) in [5.41, 5.74) is 1.77. The van der Waals surface area contributed by atoms with Crippen LogP contribution in [-0.2, 0) is 15.3 Å². The molecule has 0 radical (unpaired) electrons. The van der Waals surface area contributed by atoms with Crippen molar-refractivity contribution < 1.29 is 8.42 Å². The molecule has 90 valence electrons. The largest absolute Gasteiger partial charge is 0.327 e. The number of hydrogen-bond acceptors (Lipinski definition) is 3. The van der Waals surface area contributed by atoms with Crippen LogP contribution in [0, 0.1) is 0 Å². The summed E-state index contributed by atoms with van der Waals surface area (Å²) in [4.78, 5) is 0.343. The highest BCUT2D eigenvalue weighted by molar-refractivity contribution is 14.1. The lowest BCUT2D eigenvalue weighted by atomic mass is 9.87. The van der Waals surface area contributed by atoms with E-state index >= 15 is 0 Å². The van der Waals surface area contributed by atoms with E-state index in [0.29, 0.717) is 10.6 Å². The fourth-order valence-corrected chi connectivity index (χ4v) is 2.85. The molecule has 0 amide bonds. The Morgan fingerprint density at radius 2 is 1.81 bits per heavy atom. The number of hydrogen-bond donors (Lipinski definition) is 1. The van der Waals surface area contributed by atoms with Crippen molar-refractivity contribution in [3.05, 3.63) is 23.8 Å². The van der Waals surface area contributed by atoms with Crippen molar-refractivity contribution in [2.75, 3.05) is 9.79 Å². The van der Waals surface area contributed by atoms with Gasteiger partial charge in [-0.1, -0.05) is 26.8 Å². The first-order valence-electron chi connectivity index (χ1n) is 4.87. The van der Waals surface area contributed by atoms with Gasteiger partial charge in [-0.3, -0.25) is 0 Å². The van der Waals surface area contributed by atoms with Crippen molar-refractivity contribution in [3.8, 4) is 0 Å². The van der Waals surface area contributed by atoms with Crippen LogP contribution in [0.3, 0.4) is 0 Å². The van der Waals surface area contributed by atoms with Gasteiger partial charge >= 0.3 is 0 Å². The zero-order chi connectivity index (χ0) is 12.6. The van der Waals surface area contributed by atoms with E-state index in [1.807, 2.05) is 35.0 Å². The Kier molecular flexibility index (Phi) is 3.89. The number of rotatable bonds is 2. The molecule has 1 aromatic carbocycles. The van der Waals surface area contributed by atoms with E-state index in [1.54, 1.807) is 6.07 Å². The van der Waals surface area contributed by atoms with Crippen LogP contribution in [0.5, 0.6) is 0 Å². The van der Waals surface area contributed by atoms with Crippen LogP contribution in [0.2, 0.25) is 0 Å². The Labute approximate surface area is 111 Å². The molecule has 0 atom stereocenters. The van der Waals surface area contributed by atoms with Gasteiger partial charge in [-0.25, -0.2) is 8.42 Å². The van der Waals surface area contributed by atoms with E-state index in [4.69, 9.17) is 0 Å². The second-order valence-corrected chi connectivity index (χ2v) is 7.35. The lowest BCUT2D eigenvalue weighted by molar-refractivity contribution is 0.588. The fourth-order valence-electron chi connectivity index (χ4n) is 1.39. The highest BCUT2D eigenvalue weighted by Gasteiger charge is 2.18. The fraction of sp³-hybridized carbons (Fsp3) is 0.455. The number of benzene rings is 1. The maximum Gasteiger partial charge on any atom is 0.177 e. The molecule has 0 saturated carbocycles. The topological polar surface area (TPSA) is 46.2 Å². The van der Waals surface area contributed by atoms with E-state index < -0.39 is 9.84 Å². The standard InChI is InChI=1S/C11H16INO2S/c1-11(2,3)8-5-6-10(16(4,14)15)9(7-8)13-12/h5-7,13H,1-4H3. The van der Waals surface area contributed by atoms with Gasteiger partial charge in [0.05, 0.1) is 33.4 Å². The van der Waals surface area contributed by atoms with Crippen LogP contribution >= 0.6 is 22.9 Å². The van der Waals surface area contributed by atoms with E-state index in [-0.39, 0.29) is 5.41 Å². The molecule has 0 aliphatic heterocycles. The van der Waals surface area contributed by atoms with Gasteiger partial charge in [0.1, 0.15) is 0 Å². The minimum absolute atomic E-state index is 0.0122. The Hall–Kier alpha value is -0.300. The molecular formula is C11H16INO2S. The normalized spacial score (nSPS) is 12.6. The Balaban J connectivity index is 3.40. The third-order valence-electron chi connectivity index (χ3n) is 2.35. The lowest BCUT2D eigenvalue weighted by Crippen LogP contribution is -2.12. The maximum atomic E-state index is 11.5. The number of anilines is 1. The van der Waals surface area contributed by atoms with Crippen LogP contribution in [0.1, 0.15) is 26.3 Å². The molecular weight excluding hydrogens is 337 g/mol. The van der Waals surface area contributed by atoms with Crippen LogP contribution in [0.4, 0.5) is 5.69 Å². The summed E-state index contributed by atoms with van der Waals surface area (Å²) in [5, 5.41) is 0. The minimum atomic E-state index is -3.18. The quantitative estimate of drug-likeness (QED) is 0.656. The van der Waals surface area contributed by atoms with Crippen LogP contribution in [-0.4, -0.2) is 14.7 Å². The van der Waals surface area contributed by atoms with Gasteiger partial charge in [-0.15, -0.1) is 0 Å².